The molecule has 1 aromatic heterocycles. The standard InChI is InChI=1S/C12H12FNS/c13-7-9(8-14)5-11-6-10-3-1-2-4-12(10)15-11/h1-4,6-7H,5,8,14H2/b9-7+. The van der Waals surface area contributed by atoms with Gasteiger partial charge in [0.2, 0.25) is 0 Å². The van der Waals surface area contributed by atoms with Crippen molar-refractivity contribution in [3.8, 4) is 0 Å². The molecular weight excluding hydrogens is 209 g/mol. The van der Waals surface area contributed by atoms with Crippen molar-refractivity contribution in [2.24, 2.45) is 5.73 Å². The van der Waals surface area contributed by atoms with Gasteiger partial charge in [-0.3, -0.25) is 0 Å². The van der Waals surface area contributed by atoms with E-state index in [9.17, 15) is 4.39 Å². The van der Waals surface area contributed by atoms with Crippen LogP contribution in [0, 0.1) is 0 Å². The predicted octanol–water partition coefficient (Wildman–Crippen LogP) is 3.26. The first-order chi connectivity index (χ1) is 7.33. The molecule has 15 heavy (non-hydrogen) atoms. The third-order valence-electron chi connectivity index (χ3n) is 2.29. The van der Waals surface area contributed by atoms with Gasteiger partial charge in [-0.05, 0) is 23.1 Å². The fraction of sp³-hybridized carbons (Fsp3) is 0.167. The summed E-state index contributed by atoms with van der Waals surface area (Å²) in [7, 11) is 0. The molecule has 0 unspecified atom stereocenters. The summed E-state index contributed by atoms with van der Waals surface area (Å²) in [6.07, 6.45) is 1.23. The number of halogens is 1. The van der Waals surface area contributed by atoms with Crippen molar-refractivity contribution in [1.29, 1.82) is 0 Å². The van der Waals surface area contributed by atoms with Crippen molar-refractivity contribution in [2.45, 2.75) is 6.42 Å². The largest absolute Gasteiger partial charge is 0.327 e. The summed E-state index contributed by atoms with van der Waals surface area (Å²) in [5.41, 5.74) is 6.06. The molecule has 2 N–H and O–H groups in total. The van der Waals surface area contributed by atoms with Crippen LogP contribution in [0.15, 0.2) is 42.2 Å². The minimum Gasteiger partial charge on any atom is -0.327 e. The van der Waals surface area contributed by atoms with E-state index >= 15 is 0 Å². The fourth-order valence-corrected chi connectivity index (χ4v) is 2.62. The molecule has 2 rings (SSSR count). The number of rotatable bonds is 3. The highest BCUT2D eigenvalue weighted by Crippen LogP contribution is 2.26. The van der Waals surface area contributed by atoms with Crippen molar-refractivity contribution < 1.29 is 4.39 Å². The summed E-state index contributed by atoms with van der Waals surface area (Å²) >= 11 is 1.69. The molecule has 0 amide bonds. The minimum atomic E-state index is 0.282. The van der Waals surface area contributed by atoms with Crippen LogP contribution in [0.2, 0.25) is 0 Å². The Kier molecular flexibility index (Phi) is 3.14. The lowest BCUT2D eigenvalue weighted by molar-refractivity contribution is 0.700. The molecule has 0 aliphatic rings. The lowest BCUT2D eigenvalue weighted by Crippen LogP contribution is -2.04. The second-order valence-electron chi connectivity index (χ2n) is 3.40. The maximum absolute atomic E-state index is 12.4. The molecular formula is C12H12FNS. The second kappa shape index (κ2) is 4.55. The van der Waals surface area contributed by atoms with Crippen molar-refractivity contribution in [1.82, 2.24) is 0 Å². The normalized spacial score (nSPS) is 12.3. The van der Waals surface area contributed by atoms with Gasteiger partial charge in [0.15, 0.2) is 0 Å². The predicted molar refractivity (Wildman–Crippen MR) is 63.8 cm³/mol. The average Bonchev–Trinajstić information content (AvgIpc) is 2.68. The Hall–Kier alpha value is -1.19. The molecule has 0 saturated carbocycles. The molecule has 2 aromatic rings. The van der Waals surface area contributed by atoms with Crippen LogP contribution in [0.5, 0.6) is 0 Å². The first-order valence-electron chi connectivity index (χ1n) is 4.79. The first-order valence-corrected chi connectivity index (χ1v) is 5.61. The lowest BCUT2D eigenvalue weighted by atomic mass is 10.1. The molecule has 1 nitrogen and oxygen atoms in total. The Balaban J connectivity index is 2.29. The Morgan fingerprint density at radius 2 is 2.20 bits per heavy atom. The van der Waals surface area contributed by atoms with Gasteiger partial charge in [0.1, 0.15) is 0 Å². The van der Waals surface area contributed by atoms with Gasteiger partial charge in [-0.25, -0.2) is 4.39 Å². The van der Waals surface area contributed by atoms with E-state index in [1.54, 1.807) is 11.3 Å². The van der Waals surface area contributed by atoms with E-state index in [-0.39, 0.29) is 6.54 Å². The number of nitrogens with two attached hydrogens (primary N) is 1. The Labute approximate surface area is 92.0 Å². The van der Waals surface area contributed by atoms with Gasteiger partial charge in [-0.2, -0.15) is 0 Å². The maximum atomic E-state index is 12.4. The molecule has 0 aliphatic carbocycles. The van der Waals surface area contributed by atoms with Crippen molar-refractivity contribution in [2.75, 3.05) is 6.54 Å². The monoisotopic (exact) mass is 221 g/mol. The molecule has 0 aliphatic heterocycles. The maximum Gasteiger partial charge on any atom is 0.0875 e. The first kappa shape index (κ1) is 10.3. The quantitative estimate of drug-likeness (QED) is 0.845. The lowest BCUT2D eigenvalue weighted by Gasteiger charge is -1.97. The zero-order chi connectivity index (χ0) is 10.7. The molecule has 1 heterocycles. The third-order valence-corrected chi connectivity index (χ3v) is 3.41. The van der Waals surface area contributed by atoms with Crippen LogP contribution in [-0.2, 0) is 6.42 Å². The summed E-state index contributed by atoms with van der Waals surface area (Å²) in [5.74, 6) is 0. The zero-order valence-electron chi connectivity index (χ0n) is 8.24. The molecule has 3 heteroatoms. The summed E-state index contributed by atoms with van der Waals surface area (Å²) in [5, 5.41) is 1.22. The summed E-state index contributed by atoms with van der Waals surface area (Å²) in [6.45, 7) is 0.282. The van der Waals surface area contributed by atoms with Crippen LogP contribution in [0.1, 0.15) is 4.88 Å². The number of hydrogen-bond acceptors (Lipinski definition) is 2. The second-order valence-corrected chi connectivity index (χ2v) is 4.57. The Morgan fingerprint density at radius 3 is 2.87 bits per heavy atom. The van der Waals surface area contributed by atoms with E-state index in [0.717, 1.165) is 4.88 Å². The summed E-state index contributed by atoms with van der Waals surface area (Å²) in [4.78, 5) is 1.16. The molecule has 0 radical (unpaired) electrons. The van der Waals surface area contributed by atoms with E-state index < -0.39 is 0 Å². The van der Waals surface area contributed by atoms with E-state index in [0.29, 0.717) is 18.3 Å². The third kappa shape index (κ3) is 2.25. The van der Waals surface area contributed by atoms with Gasteiger partial charge in [-0.1, -0.05) is 18.2 Å². The van der Waals surface area contributed by atoms with Crippen molar-refractivity contribution in [3.05, 3.63) is 47.1 Å². The summed E-state index contributed by atoms with van der Waals surface area (Å²) < 4.78 is 13.6. The van der Waals surface area contributed by atoms with Crippen molar-refractivity contribution >= 4 is 21.4 Å². The number of hydrogen-bond donors (Lipinski definition) is 1. The highest BCUT2D eigenvalue weighted by Gasteiger charge is 2.03. The Morgan fingerprint density at radius 1 is 1.40 bits per heavy atom. The average molecular weight is 221 g/mol. The van der Waals surface area contributed by atoms with Gasteiger partial charge in [-0.15, -0.1) is 11.3 Å². The van der Waals surface area contributed by atoms with Crippen LogP contribution in [0.3, 0.4) is 0 Å². The van der Waals surface area contributed by atoms with E-state index in [4.69, 9.17) is 5.73 Å². The molecule has 78 valence electrons. The van der Waals surface area contributed by atoms with Gasteiger partial charge < -0.3 is 5.73 Å². The molecule has 1 aromatic carbocycles. The summed E-state index contributed by atoms with van der Waals surface area (Å²) in [6, 6.07) is 10.3. The Bertz CT molecular complexity index is 454. The van der Waals surface area contributed by atoms with E-state index in [1.807, 2.05) is 12.1 Å². The van der Waals surface area contributed by atoms with E-state index in [2.05, 4.69) is 18.2 Å². The van der Waals surface area contributed by atoms with Crippen LogP contribution < -0.4 is 5.73 Å². The van der Waals surface area contributed by atoms with Gasteiger partial charge in [0, 0.05) is 22.5 Å². The minimum absolute atomic E-state index is 0.282. The van der Waals surface area contributed by atoms with Gasteiger partial charge in [0.05, 0.1) is 6.33 Å². The van der Waals surface area contributed by atoms with Crippen molar-refractivity contribution in [3.63, 3.8) is 0 Å². The molecule has 0 atom stereocenters. The highest BCUT2D eigenvalue weighted by atomic mass is 32.1. The van der Waals surface area contributed by atoms with Crippen LogP contribution >= 0.6 is 11.3 Å². The van der Waals surface area contributed by atoms with Gasteiger partial charge in [0.25, 0.3) is 0 Å². The molecule has 0 saturated heterocycles. The fourth-order valence-electron chi connectivity index (χ4n) is 1.50. The van der Waals surface area contributed by atoms with Crippen LogP contribution in [-0.4, -0.2) is 6.54 Å². The highest BCUT2D eigenvalue weighted by molar-refractivity contribution is 7.19. The van der Waals surface area contributed by atoms with Crippen LogP contribution in [0.4, 0.5) is 4.39 Å². The van der Waals surface area contributed by atoms with E-state index in [1.165, 1.54) is 10.1 Å². The SMILES string of the molecule is NC/C(=C/F)Cc1cc2ccccc2s1. The number of fused-ring (bicyclic) bond motifs is 1. The molecule has 0 spiro atoms. The number of thiophene rings is 1. The van der Waals surface area contributed by atoms with Gasteiger partial charge >= 0.3 is 0 Å². The smallest absolute Gasteiger partial charge is 0.0875 e. The zero-order valence-corrected chi connectivity index (χ0v) is 9.06. The number of benzene rings is 1. The molecule has 0 fully saturated rings. The molecule has 0 bridgehead atoms. The topological polar surface area (TPSA) is 26.0 Å². The van der Waals surface area contributed by atoms with Crippen LogP contribution in [0.25, 0.3) is 10.1 Å².